The number of hydrogen-bond acceptors (Lipinski definition) is 5. The first-order valence-corrected chi connectivity index (χ1v) is 8.23. The minimum atomic E-state index is -0.266. The lowest BCUT2D eigenvalue weighted by atomic mass is 10.1. The number of fused-ring (bicyclic) bond motifs is 1. The normalized spacial score (nSPS) is 17.2. The monoisotopic (exact) mass is 335 g/mol. The minimum absolute atomic E-state index is 0.0783. The number of carbonyl (C=O) groups excluding carboxylic acids is 1. The third kappa shape index (κ3) is 2.91. The third-order valence-corrected chi connectivity index (χ3v) is 4.50. The van der Waals surface area contributed by atoms with Crippen molar-refractivity contribution < 1.29 is 9.21 Å². The summed E-state index contributed by atoms with van der Waals surface area (Å²) in [6.07, 6.45) is 2.54. The van der Waals surface area contributed by atoms with Crippen LogP contribution >= 0.6 is 0 Å². The van der Waals surface area contributed by atoms with Gasteiger partial charge in [-0.1, -0.05) is 12.1 Å². The van der Waals surface area contributed by atoms with Gasteiger partial charge < -0.3 is 9.32 Å². The highest BCUT2D eigenvalue weighted by atomic mass is 16.3. The van der Waals surface area contributed by atoms with Crippen molar-refractivity contribution in [3.8, 4) is 0 Å². The Labute approximate surface area is 144 Å². The molecule has 1 amide bonds. The van der Waals surface area contributed by atoms with Crippen LogP contribution in [0.4, 0.5) is 0 Å². The largest absolute Gasteiger partial charge is 0.451 e. The summed E-state index contributed by atoms with van der Waals surface area (Å²) in [5, 5.41) is 0.478. The van der Waals surface area contributed by atoms with E-state index in [0.29, 0.717) is 24.1 Å². The zero-order chi connectivity index (χ0) is 17.4. The molecule has 25 heavy (non-hydrogen) atoms. The molecule has 1 fully saturated rings. The number of carbonyl (C=O) groups is 1. The molecule has 1 aliphatic rings. The first-order chi connectivity index (χ1) is 12.1. The second-order valence-corrected chi connectivity index (χ2v) is 6.26. The van der Waals surface area contributed by atoms with E-state index >= 15 is 0 Å². The van der Waals surface area contributed by atoms with Gasteiger partial charge in [-0.25, -0.2) is 9.97 Å². The van der Waals surface area contributed by atoms with E-state index in [1.54, 1.807) is 35.4 Å². The van der Waals surface area contributed by atoms with Gasteiger partial charge in [0.05, 0.1) is 5.39 Å². The van der Waals surface area contributed by atoms with Crippen LogP contribution in [0.15, 0.2) is 51.8 Å². The van der Waals surface area contributed by atoms with E-state index in [2.05, 4.69) is 9.97 Å². The number of aryl methyl sites for hydroxylation is 1. The first-order valence-electron chi connectivity index (χ1n) is 8.23. The maximum absolute atomic E-state index is 12.7. The minimum Gasteiger partial charge on any atom is -0.451 e. The molecule has 6 nitrogen and oxygen atoms in total. The number of amides is 1. The maximum atomic E-state index is 12.7. The number of rotatable bonds is 2. The third-order valence-electron chi connectivity index (χ3n) is 4.50. The summed E-state index contributed by atoms with van der Waals surface area (Å²) in [5.74, 6) is 0.679. The van der Waals surface area contributed by atoms with Crippen LogP contribution in [0.25, 0.3) is 11.0 Å². The molecule has 0 N–H and O–H groups in total. The lowest BCUT2D eigenvalue weighted by molar-refractivity contribution is 0.0759. The number of aromatic nitrogens is 2. The lowest BCUT2D eigenvalue weighted by Gasteiger charge is -2.15. The van der Waals surface area contributed by atoms with Crippen molar-refractivity contribution in [3.05, 3.63) is 70.1 Å². The van der Waals surface area contributed by atoms with Crippen molar-refractivity contribution in [2.75, 3.05) is 13.1 Å². The summed E-state index contributed by atoms with van der Waals surface area (Å²) < 4.78 is 5.65. The molecule has 126 valence electrons. The molecular formula is C19H17N3O3. The molecule has 2 aromatic heterocycles. The molecule has 3 heterocycles. The molecule has 0 bridgehead atoms. The molecule has 4 rings (SSSR count). The molecule has 0 aliphatic carbocycles. The summed E-state index contributed by atoms with van der Waals surface area (Å²) in [5.41, 5.74) is 1.13. The van der Waals surface area contributed by atoms with Crippen LogP contribution in [0, 0.1) is 6.92 Å². The van der Waals surface area contributed by atoms with Crippen molar-refractivity contribution in [2.24, 2.45) is 0 Å². The number of hydrogen-bond donors (Lipinski definition) is 0. The van der Waals surface area contributed by atoms with E-state index in [9.17, 15) is 9.59 Å². The predicted molar refractivity (Wildman–Crippen MR) is 92.5 cm³/mol. The van der Waals surface area contributed by atoms with Crippen molar-refractivity contribution in [1.29, 1.82) is 0 Å². The van der Waals surface area contributed by atoms with Gasteiger partial charge in [0.2, 0.25) is 0 Å². The Hall–Kier alpha value is -3.02. The quantitative estimate of drug-likeness (QED) is 0.719. The lowest BCUT2D eigenvalue weighted by Crippen LogP contribution is -2.29. The summed E-state index contributed by atoms with van der Waals surface area (Å²) >= 11 is 0. The summed E-state index contributed by atoms with van der Waals surface area (Å²) in [6, 6.07) is 10.1. The van der Waals surface area contributed by atoms with Crippen molar-refractivity contribution in [3.63, 3.8) is 0 Å². The van der Waals surface area contributed by atoms with E-state index in [0.717, 1.165) is 17.9 Å². The van der Waals surface area contributed by atoms with Crippen molar-refractivity contribution >= 4 is 16.9 Å². The fourth-order valence-electron chi connectivity index (χ4n) is 3.19. The molecule has 1 aromatic carbocycles. The fraction of sp³-hybridized carbons (Fsp3) is 0.263. The van der Waals surface area contributed by atoms with Gasteiger partial charge in [0.25, 0.3) is 5.91 Å². The average Bonchev–Trinajstić information content (AvgIpc) is 3.11. The predicted octanol–water partition coefficient (Wildman–Crippen LogP) is 2.52. The Morgan fingerprint density at radius 3 is 2.96 bits per heavy atom. The summed E-state index contributed by atoms with van der Waals surface area (Å²) in [6.45, 7) is 3.04. The van der Waals surface area contributed by atoms with Gasteiger partial charge in [-0.05, 0) is 31.5 Å². The van der Waals surface area contributed by atoms with E-state index in [1.165, 1.54) is 6.07 Å². The van der Waals surface area contributed by atoms with E-state index < -0.39 is 0 Å². The molecular weight excluding hydrogens is 318 g/mol. The molecule has 3 aromatic rings. The van der Waals surface area contributed by atoms with Gasteiger partial charge in [0.1, 0.15) is 11.4 Å². The fourth-order valence-corrected chi connectivity index (χ4v) is 3.19. The highest BCUT2D eigenvalue weighted by Crippen LogP contribution is 2.26. The van der Waals surface area contributed by atoms with Crippen LogP contribution in [0.2, 0.25) is 0 Å². The van der Waals surface area contributed by atoms with Crippen LogP contribution in [-0.2, 0) is 0 Å². The van der Waals surface area contributed by atoms with Crippen LogP contribution in [-0.4, -0.2) is 33.9 Å². The zero-order valence-corrected chi connectivity index (χ0v) is 13.8. The van der Waals surface area contributed by atoms with E-state index in [1.807, 2.05) is 13.0 Å². The number of nitrogens with zero attached hydrogens (tertiary/aromatic N) is 3. The Kier molecular flexibility index (Phi) is 3.80. The average molecular weight is 335 g/mol. The molecule has 0 saturated carbocycles. The molecule has 1 saturated heterocycles. The van der Waals surface area contributed by atoms with E-state index in [-0.39, 0.29) is 23.0 Å². The van der Waals surface area contributed by atoms with Gasteiger partial charge in [0, 0.05) is 37.0 Å². The molecule has 0 spiro atoms. The Balaban J connectivity index is 1.59. The van der Waals surface area contributed by atoms with Crippen molar-refractivity contribution in [2.45, 2.75) is 19.3 Å². The molecule has 6 heteroatoms. The molecule has 1 unspecified atom stereocenters. The molecule has 0 radical (unpaired) electrons. The zero-order valence-electron chi connectivity index (χ0n) is 13.8. The second kappa shape index (κ2) is 6.12. The highest BCUT2D eigenvalue weighted by molar-refractivity contribution is 5.93. The van der Waals surface area contributed by atoms with Crippen molar-refractivity contribution in [1.82, 2.24) is 14.9 Å². The highest BCUT2D eigenvalue weighted by Gasteiger charge is 2.31. The maximum Gasteiger partial charge on any atom is 0.289 e. The summed E-state index contributed by atoms with van der Waals surface area (Å²) in [4.78, 5) is 35.4. The van der Waals surface area contributed by atoms with Crippen LogP contribution < -0.4 is 5.43 Å². The van der Waals surface area contributed by atoms with Gasteiger partial charge in [0.15, 0.2) is 11.2 Å². The molecule has 1 aliphatic heterocycles. The summed E-state index contributed by atoms with van der Waals surface area (Å²) in [7, 11) is 0. The smallest absolute Gasteiger partial charge is 0.289 e. The Morgan fingerprint density at radius 1 is 1.28 bits per heavy atom. The SMILES string of the molecule is Cc1ccnc(C2CCN(C(=O)c3cc(=O)c4ccccc4o3)C2)n1. The Bertz CT molecular complexity index is 1010. The Morgan fingerprint density at radius 2 is 2.12 bits per heavy atom. The first kappa shape index (κ1) is 15.5. The van der Waals surface area contributed by atoms with Crippen LogP contribution in [0.1, 0.15) is 34.4 Å². The number of para-hydroxylation sites is 1. The van der Waals surface area contributed by atoms with E-state index in [4.69, 9.17) is 4.42 Å². The number of likely N-dealkylation sites (tertiary alicyclic amines) is 1. The number of benzene rings is 1. The van der Waals surface area contributed by atoms with Gasteiger partial charge >= 0.3 is 0 Å². The topological polar surface area (TPSA) is 76.3 Å². The van der Waals surface area contributed by atoms with Crippen LogP contribution in [0.3, 0.4) is 0 Å². The standard InChI is InChI=1S/C19H17N3O3/c1-12-6-8-20-18(21-12)13-7-9-22(11-13)19(24)17-10-15(23)14-4-2-3-5-16(14)25-17/h2-6,8,10,13H,7,9,11H2,1H3. The molecule has 1 atom stereocenters. The van der Waals surface area contributed by atoms with Gasteiger partial charge in [-0.15, -0.1) is 0 Å². The van der Waals surface area contributed by atoms with Crippen LogP contribution in [0.5, 0.6) is 0 Å². The van der Waals surface area contributed by atoms with Gasteiger partial charge in [-0.3, -0.25) is 9.59 Å². The second-order valence-electron chi connectivity index (χ2n) is 6.26. The van der Waals surface area contributed by atoms with Gasteiger partial charge in [-0.2, -0.15) is 0 Å².